The van der Waals surface area contributed by atoms with Crippen LogP contribution < -0.4 is 11.2 Å². The molecule has 1 amide bonds. The summed E-state index contributed by atoms with van der Waals surface area (Å²) < 4.78 is 0. The summed E-state index contributed by atoms with van der Waals surface area (Å²) >= 11 is 0. The Kier molecular flexibility index (Phi) is 4.85. The Morgan fingerprint density at radius 3 is 2.25 bits per heavy atom. The smallest absolute Gasteiger partial charge is 0.238 e. The van der Waals surface area contributed by atoms with Gasteiger partial charge in [-0.2, -0.15) is 0 Å². The Hall–Kier alpha value is -0.610. The molecule has 3 N–H and O–H groups in total. The molecule has 72 valence electrons. The molecule has 0 fully saturated rings. The van der Waals surface area contributed by atoms with E-state index in [2.05, 4.69) is 5.43 Å². The van der Waals surface area contributed by atoms with Crippen molar-refractivity contribution in [3.63, 3.8) is 0 Å². The second-order valence-electron chi connectivity index (χ2n) is 3.46. The van der Waals surface area contributed by atoms with E-state index in [1.54, 1.807) is 19.1 Å². The Labute approximate surface area is 74.1 Å². The van der Waals surface area contributed by atoms with E-state index in [9.17, 15) is 4.79 Å². The van der Waals surface area contributed by atoms with Crippen molar-refractivity contribution in [1.82, 2.24) is 10.4 Å². The average Bonchev–Trinajstić information content (AvgIpc) is 1.85. The van der Waals surface area contributed by atoms with Crippen molar-refractivity contribution in [3.05, 3.63) is 0 Å². The van der Waals surface area contributed by atoms with E-state index in [4.69, 9.17) is 5.73 Å². The van der Waals surface area contributed by atoms with Crippen LogP contribution in [0.2, 0.25) is 0 Å². The zero-order valence-corrected chi connectivity index (χ0v) is 8.29. The van der Waals surface area contributed by atoms with E-state index in [1.165, 1.54) is 0 Å². The lowest BCUT2D eigenvalue weighted by Crippen LogP contribution is -2.44. The van der Waals surface area contributed by atoms with Gasteiger partial charge in [0.2, 0.25) is 5.91 Å². The van der Waals surface area contributed by atoms with Gasteiger partial charge in [-0.05, 0) is 5.92 Å². The third-order valence-corrected chi connectivity index (χ3v) is 1.73. The van der Waals surface area contributed by atoms with Gasteiger partial charge in [0.25, 0.3) is 0 Å². The van der Waals surface area contributed by atoms with Crippen LogP contribution >= 0.6 is 0 Å². The summed E-state index contributed by atoms with van der Waals surface area (Å²) in [5.41, 5.74) is 8.16. The summed E-state index contributed by atoms with van der Waals surface area (Å²) in [5.74, 6) is 0.194. The number of amides is 1. The lowest BCUT2D eigenvalue weighted by molar-refractivity contribution is -0.129. The number of hydrogen-bond donors (Lipinski definition) is 2. The molecule has 1 unspecified atom stereocenters. The van der Waals surface area contributed by atoms with E-state index < -0.39 is 0 Å². The van der Waals surface area contributed by atoms with Gasteiger partial charge in [-0.1, -0.05) is 13.8 Å². The van der Waals surface area contributed by atoms with Crippen molar-refractivity contribution < 1.29 is 4.79 Å². The van der Waals surface area contributed by atoms with Gasteiger partial charge in [-0.25, -0.2) is 5.01 Å². The summed E-state index contributed by atoms with van der Waals surface area (Å²) in [6.07, 6.45) is 0. The molecule has 0 spiro atoms. The third-order valence-electron chi connectivity index (χ3n) is 1.73. The lowest BCUT2D eigenvalue weighted by Gasteiger charge is -2.20. The van der Waals surface area contributed by atoms with Gasteiger partial charge < -0.3 is 5.73 Å². The fourth-order valence-corrected chi connectivity index (χ4v) is 0.985. The standard InChI is InChI=1S/C8H19N3O/c1-6(2)7(5-9)8(12)10-11(3)4/h6-7H,5,9H2,1-4H3,(H,10,12). The van der Waals surface area contributed by atoms with Gasteiger partial charge in [-0.15, -0.1) is 0 Å². The van der Waals surface area contributed by atoms with Crippen LogP contribution in [-0.4, -0.2) is 31.6 Å². The Morgan fingerprint density at radius 2 is 2.00 bits per heavy atom. The maximum atomic E-state index is 11.4. The number of hydrogen-bond acceptors (Lipinski definition) is 3. The van der Waals surface area contributed by atoms with Gasteiger partial charge in [0, 0.05) is 20.6 Å². The predicted molar refractivity (Wildman–Crippen MR) is 49.2 cm³/mol. The van der Waals surface area contributed by atoms with Crippen molar-refractivity contribution in [2.75, 3.05) is 20.6 Å². The number of nitrogens with two attached hydrogens (primary N) is 1. The van der Waals surface area contributed by atoms with Crippen molar-refractivity contribution in [2.24, 2.45) is 17.6 Å². The van der Waals surface area contributed by atoms with E-state index in [-0.39, 0.29) is 17.7 Å². The van der Waals surface area contributed by atoms with Gasteiger partial charge in [0.05, 0.1) is 5.92 Å². The van der Waals surface area contributed by atoms with Crippen LogP contribution in [-0.2, 0) is 4.79 Å². The van der Waals surface area contributed by atoms with Crippen molar-refractivity contribution >= 4 is 5.91 Å². The van der Waals surface area contributed by atoms with E-state index >= 15 is 0 Å². The summed E-state index contributed by atoms with van der Waals surface area (Å²) in [6.45, 7) is 4.39. The first-order chi connectivity index (χ1) is 5.49. The van der Waals surface area contributed by atoms with E-state index in [0.29, 0.717) is 6.54 Å². The van der Waals surface area contributed by atoms with Gasteiger partial charge in [-0.3, -0.25) is 10.2 Å². The Balaban J connectivity index is 4.04. The number of hydrazine groups is 1. The molecule has 0 aromatic carbocycles. The maximum Gasteiger partial charge on any atom is 0.238 e. The second kappa shape index (κ2) is 5.11. The Morgan fingerprint density at radius 1 is 1.50 bits per heavy atom. The quantitative estimate of drug-likeness (QED) is 0.579. The molecule has 0 radical (unpaired) electrons. The molecular formula is C8H19N3O. The zero-order valence-electron chi connectivity index (χ0n) is 8.29. The number of rotatable bonds is 4. The van der Waals surface area contributed by atoms with E-state index in [1.807, 2.05) is 13.8 Å². The van der Waals surface area contributed by atoms with Crippen LogP contribution in [0.5, 0.6) is 0 Å². The number of carbonyl (C=O) groups is 1. The summed E-state index contributed by atoms with van der Waals surface area (Å²) in [4.78, 5) is 11.4. The average molecular weight is 173 g/mol. The highest BCUT2D eigenvalue weighted by Crippen LogP contribution is 2.08. The van der Waals surface area contributed by atoms with Crippen LogP contribution in [0.4, 0.5) is 0 Å². The van der Waals surface area contributed by atoms with Gasteiger partial charge in [0.15, 0.2) is 0 Å². The fourth-order valence-electron chi connectivity index (χ4n) is 0.985. The molecule has 0 saturated carbocycles. The first kappa shape index (κ1) is 11.4. The van der Waals surface area contributed by atoms with Crippen molar-refractivity contribution in [1.29, 1.82) is 0 Å². The van der Waals surface area contributed by atoms with Crippen molar-refractivity contribution in [3.8, 4) is 0 Å². The number of nitrogens with zero attached hydrogens (tertiary/aromatic N) is 1. The monoisotopic (exact) mass is 173 g/mol. The minimum atomic E-state index is -0.0904. The topological polar surface area (TPSA) is 58.4 Å². The van der Waals surface area contributed by atoms with Crippen LogP contribution in [0.15, 0.2) is 0 Å². The first-order valence-electron chi connectivity index (χ1n) is 4.17. The predicted octanol–water partition coefficient (Wildman–Crippen LogP) is -0.190. The molecule has 0 aliphatic carbocycles. The highest BCUT2D eigenvalue weighted by Gasteiger charge is 2.20. The maximum absolute atomic E-state index is 11.4. The fraction of sp³-hybridized carbons (Fsp3) is 0.875. The molecule has 0 bridgehead atoms. The molecule has 0 saturated heterocycles. The largest absolute Gasteiger partial charge is 0.330 e. The van der Waals surface area contributed by atoms with Gasteiger partial charge >= 0.3 is 0 Å². The van der Waals surface area contributed by atoms with Crippen LogP contribution in [0, 0.1) is 11.8 Å². The zero-order chi connectivity index (χ0) is 9.72. The van der Waals surface area contributed by atoms with Crippen LogP contribution in [0.1, 0.15) is 13.8 Å². The molecule has 1 atom stereocenters. The normalized spacial score (nSPS) is 13.6. The Bertz CT molecular complexity index is 145. The molecule has 0 aliphatic rings. The molecule has 0 aromatic rings. The van der Waals surface area contributed by atoms with E-state index in [0.717, 1.165) is 0 Å². The number of carbonyl (C=O) groups excluding carboxylic acids is 1. The lowest BCUT2D eigenvalue weighted by atomic mass is 9.95. The van der Waals surface area contributed by atoms with Crippen molar-refractivity contribution in [2.45, 2.75) is 13.8 Å². The van der Waals surface area contributed by atoms with Crippen LogP contribution in [0.25, 0.3) is 0 Å². The highest BCUT2D eigenvalue weighted by atomic mass is 16.2. The van der Waals surface area contributed by atoms with Crippen LogP contribution in [0.3, 0.4) is 0 Å². The van der Waals surface area contributed by atoms with Gasteiger partial charge in [0.1, 0.15) is 0 Å². The third kappa shape index (κ3) is 3.69. The molecule has 0 aromatic heterocycles. The minimum Gasteiger partial charge on any atom is -0.330 e. The summed E-state index contributed by atoms with van der Waals surface area (Å²) in [7, 11) is 3.57. The molecule has 4 heteroatoms. The molecule has 0 rings (SSSR count). The molecule has 4 nitrogen and oxygen atoms in total. The summed E-state index contributed by atoms with van der Waals surface area (Å²) in [6, 6.07) is 0. The molecule has 12 heavy (non-hydrogen) atoms. The molecular weight excluding hydrogens is 154 g/mol. The highest BCUT2D eigenvalue weighted by molar-refractivity contribution is 5.78. The molecule has 0 aliphatic heterocycles. The molecule has 0 heterocycles. The summed E-state index contributed by atoms with van der Waals surface area (Å²) in [5, 5.41) is 1.63. The SMILES string of the molecule is CC(C)C(CN)C(=O)NN(C)C. The number of nitrogens with one attached hydrogen (secondary N) is 1. The minimum absolute atomic E-state index is 0.00231. The first-order valence-corrected chi connectivity index (χ1v) is 4.17. The second-order valence-corrected chi connectivity index (χ2v) is 3.46.